The van der Waals surface area contributed by atoms with Crippen molar-refractivity contribution in [1.29, 1.82) is 0 Å². The van der Waals surface area contributed by atoms with Gasteiger partial charge in [0, 0.05) is 35.7 Å². The zero-order valence-corrected chi connectivity index (χ0v) is 12.9. The molecule has 0 aliphatic carbocycles. The molecule has 3 rings (SSSR count). The lowest BCUT2D eigenvalue weighted by atomic mass is 10.1. The van der Waals surface area contributed by atoms with Crippen LogP contribution in [0.3, 0.4) is 0 Å². The van der Waals surface area contributed by atoms with Crippen LogP contribution < -0.4 is 5.32 Å². The van der Waals surface area contributed by atoms with Crippen LogP contribution in [-0.4, -0.2) is 22.0 Å². The molecule has 1 aliphatic heterocycles. The van der Waals surface area contributed by atoms with Crippen molar-refractivity contribution in [2.45, 2.75) is 26.4 Å². The molecule has 5 heteroatoms. The molecule has 0 saturated carbocycles. The minimum absolute atomic E-state index is 0.0632. The van der Waals surface area contributed by atoms with E-state index in [9.17, 15) is 4.79 Å². The third-order valence-electron chi connectivity index (χ3n) is 4.11. The third-order valence-corrected chi connectivity index (χ3v) is 4.52. The molecule has 1 aromatic carbocycles. The van der Waals surface area contributed by atoms with E-state index in [-0.39, 0.29) is 12.1 Å². The highest BCUT2D eigenvalue weighted by atomic mass is 35.5. The molecule has 0 bridgehead atoms. The van der Waals surface area contributed by atoms with E-state index in [1.807, 2.05) is 36.1 Å². The Hall–Kier alpha value is -1.94. The normalized spacial score (nSPS) is 17.5. The first kappa shape index (κ1) is 14.0. The van der Waals surface area contributed by atoms with E-state index in [0.29, 0.717) is 11.6 Å². The van der Waals surface area contributed by atoms with Gasteiger partial charge in [0.05, 0.1) is 6.04 Å². The molecule has 1 aromatic heterocycles. The molecule has 2 heterocycles. The van der Waals surface area contributed by atoms with Crippen LogP contribution >= 0.6 is 11.6 Å². The highest BCUT2D eigenvalue weighted by molar-refractivity contribution is 6.31. The smallest absolute Gasteiger partial charge is 0.322 e. The first-order valence-electron chi connectivity index (χ1n) is 7.05. The van der Waals surface area contributed by atoms with E-state index < -0.39 is 0 Å². The summed E-state index contributed by atoms with van der Waals surface area (Å²) in [6.45, 7) is 5.49. The fourth-order valence-electron chi connectivity index (χ4n) is 2.79. The van der Waals surface area contributed by atoms with Crippen LogP contribution in [0.25, 0.3) is 0 Å². The Bertz CT molecular complexity index is 680. The summed E-state index contributed by atoms with van der Waals surface area (Å²) in [5.41, 5.74) is 2.82. The molecule has 110 valence electrons. The average molecular weight is 304 g/mol. The highest BCUT2D eigenvalue weighted by Crippen LogP contribution is 2.27. The lowest BCUT2D eigenvalue weighted by Crippen LogP contribution is -2.43. The first-order valence-corrected chi connectivity index (χ1v) is 7.43. The van der Waals surface area contributed by atoms with Gasteiger partial charge < -0.3 is 14.8 Å². The van der Waals surface area contributed by atoms with Gasteiger partial charge in [0.15, 0.2) is 0 Å². The number of hydrogen-bond donors (Lipinski definition) is 1. The van der Waals surface area contributed by atoms with E-state index in [4.69, 9.17) is 11.6 Å². The molecule has 1 N–H and O–H groups in total. The minimum Gasteiger partial charge on any atom is -0.348 e. The van der Waals surface area contributed by atoms with Crippen molar-refractivity contribution in [2.24, 2.45) is 0 Å². The van der Waals surface area contributed by atoms with E-state index in [0.717, 1.165) is 17.8 Å². The number of aromatic nitrogens is 1. The number of anilines is 1. The van der Waals surface area contributed by atoms with Crippen LogP contribution in [0.4, 0.5) is 10.5 Å². The first-order chi connectivity index (χ1) is 10.1. The number of carbonyl (C=O) groups excluding carboxylic acids is 1. The number of halogens is 1. The second-order valence-corrected chi connectivity index (χ2v) is 5.75. The van der Waals surface area contributed by atoms with Crippen LogP contribution in [0.1, 0.15) is 24.2 Å². The topological polar surface area (TPSA) is 37.3 Å². The van der Waals surface area contributed by atoms with Crippen LogP contribution in [0.5, 0.6) is 0 Å². The lowest BCUT2D eigenvalue weighted by Gasteiger charge is -2.35. The predicted octanol–water partition coefficient (Wildman–Crippen LogP) is 4.06. The standard InChI is InChI=1S/C16H18ClN3O/c1-11-13(17)5-3-6-14(11)18-16(21)20-10-9-19-8-4-7-15(19)12(20)2/h3-8,12H,9-10H2,1-2H3,(H,18,21). The largest absolute Gasteiger partial charge is 0.348 e. The molecule has 4 nitrogen and oxygen atoms in total. The van der Waals surface area contributed by atoms with Crippen LogP contribution in [0.15, 0.2) is 36.5 Å². The summed E-state index contributed by atoms with van der Waals surface area (Å²) in [5.74, 6) is 0. The van der Waals surface area contributed by atoms with Crippen molar-refractivity contribution < 1.29 is 4.79 Å². The van der Waals surface area contributed by atoms with Crippen molar-refractivity contribution in [1.82, 2.24) is 9.47 Å². The Morgan fingerprint density at radius 1 is 1.29 bits per heavy atom. The van der Waals surface area contributed by atoms with Crippen LogP contribution in [0, 0.1) is 6.92 Å². The number of fused-ring (bicyclic) bond motifs is 1. The number of benzene rings is 1. The molecule has 0 spiro atoms. The number of urea groups is 1. The molecule has 1 atom stereocenters. The average Bonchev–Trinajstić information content (AvgIpc) is 2.93. The van der Waals surface area contributed by atoms with Crippen molar-refractivity contribution >= 4 is 23.3 Å². The molecule has 0 fully saturated rings. The van der Waals surface area contributed by atoms with Gasteiger partial charge in [-0.25, -0.2) is 4.79 Å². The van der Waals surface area contributed by atoms with Crippen molar-refractivity contribution in [3.63, 3.8) is 0 Å². The van der Waals surface area contributed by atoms with Crippen LogP contribution in [-0.2, 0) is 6.54 Å². The molecule has 2 amide bonds. The van der Waals surface area contributed by atoms with E-state index >= 15 is 0 Å². The fraction of sp³-hybridized carbons (Fsp3) is 0.312. The second kappa shape index (κ2) is 5.45. The van der Waals surface area contributed by atoms with Crippen LogP contribution in [0.2, 0.25) is 5.02 Å². The number of nitrogens with one attached hydrogen (secondary N) is 1. The molecular weight excluding hydrogens is 286 g/mol. The summed E-state index contributed by atoms with van der Waals surface area (Å²) in [6.07, 6.45) is 2.06. The van der Waals surface area contributed by atoms with Gasteiger partial charge in [-0.15, -0.1) is 0 Å². The molecule has 0 saturated heterocycles. The predicted molar refractivity (Wildman–Crippen MR) is 84.8 cm³/mol. The Morgan fingerprint density at radius 3 is 2.90 bits per heavy atom. The number of amides is 2. The SMILES string of the molecule is Cc1c(Cl)cccc1NC(=O)N1CCn2cccc2C1C. The van der Waals surface area contributed by atoms with Crippen molar-refractivity contribution in [3.8, 4) is 0 Å². The van der Waals surface area contributed by atoms with Gasteiger partial charge in [-0.05, 0) is 43.7 Å². The maximum absolute atomic E-state index is 12.5. The maximum atomic E-state index is 12.5. The van der Waals surface area contributed by atoms with E-state index in [1.54, 1.807) is 0 Å². The van der Waals surface area contributed by atoms with Gasteiger partial charge in [0.2, 0.25) is 0 Å². The Labute approximate surface area is 129 Å². The van der Waals surface area contributed by atoms with Gasteiger partial charge in [-0.2, -0.15) is 0 Å². The van der Waals surface area contributed by atoms with Gasteiger partial charge in [-0.1, -0.05) is 17.7 Å². The molecule has 2 aromatic rings. The zero-order chi connectivity index (χ0) is 15.0. The Balaban J connectivity index is 1.79. The number of carbonyl (C=O) groups is 1. The maximum Gasteiger partial charge on any atom is 0.322 e. The summed E-state index contributed by atoms with van der Waals surface area (Å²) < 4.78 is 2.19. The summed E-state index contributed by atoms with van der Waals surface area (Å²) in [4.78, 5) is 14.4. The third kappa shape index (κ3) is 2.51. The fourth-order valence-corrected chi connectivity index (χ4v) is 2.96. The molecule has 1 aliphatic rings. The zero-order valence-electron chi connectivity index (χ0n) is 12.1. The lowest BCUT2D eigenvalue weighted by molar-refractivity contribution is 0.175. The molecule has 1 unspecified atom stereocenters. The Kier molecular flexibility index (Phi) is 3.64. The summed E-state index contributed by atoms with van der Waals surface area (Å²) in [6, 6.07) is 9.60. The van der Waals surface area contributed by atoms with Gasteiger partial charge in [0.1, 0.15) is 0 Å². The monoisotopic (exact) mass is 303 g/mol. The molecular formula is C16H18ClN3O. The summed E-state index contributed by atoms with van der Waals surface area (Å²) in [7, 11) is 0. The number of nitrogens with zero attached hydrogens (tertiary/aromatic N) is 2. The summed E-state index contributed by atoms with van der Waals surface area (Å²) >= 11 is 6.10. The number of rotatable bonds is 1. The molecule has 21 heavy (non-hydrogen) atoms. The van der Waals surface area contributed by atoms with Gasteiger partial charge in [-0.3, -0.25) is 0 Å². The van der Waals surface area contributed by atoms with Crippen molar-refractivity contribution in [2.75, 3.05) is 11.9 Å². The van der Waals surface area contributed by atoms with Gasteiger partial charge >= 0.3 is 6.03 Å². The highest BCUT2D eigenvalue weighted by Gasteiger charge is 2.27. The van der Waals surface area contributed by atoms with Crippen molar-refractivity contribution in [3.05, 3.63) is 52.8 Å². The Morgan fingerprint density at radius 2 is 2.10 bits per heavy atom. The van der Waals surface area contributed by atoms with E-state index in [2.05, 4.69) is 29.1 Å². The van der Waals surface area contributed by atoms with Gasteiger partial charge in [0.25, 0.3) is 0 Å². The van der Waals surface area contributed by atoms with E-state index in [1.165, 1.54) is 5.69 Å². The number of hydrogen-bond acceptors (Lipinski definition) is 1. The summed E-state index contributed by atoms with van der Waals surface area (Å²) in [5, 5.41) is 3.63. The molecule has 0 radical (unpaired) electrons. The quantitative estimate of drug-likeness (QED) is 0.847. The second-order valence-electron chi connectivity index (χ2n) is 5.34. The minimum atomic E-state index is -0.0830.